The van der Waals surface area contributed by atoms with Crippen molar-refractivity contribution in [3.8, 4) is 0 Å². The Morgan fingerprint density at radius 3 is 2.64 bits per heavy atom. The minimum absolute atomic E-state index is 0.0261. The number of aliphatic carboxylic acids is 1. The largest absolute Gasteiger partial charge is 0.480 e. The van der Waals surface area contributed by atoms with E-state index in [1.54, 1.807) is 0 Å². The molecule has 8 heteroatoms. The molecule has 1 aromatic rings. The van der Waals surface area contributed by atoms with Crippen LogP contribution in [0.5, 0.6) is 0 Å². The number of alkyl halides is 2. The Hall–Kier alpha value is -1.99. The predicted molar refractivity (Wildman–Crippen MR) is 74.0 cm³/mol. The summed E-state index contributed by atoms with van der Waals surface area (Å²) >= 11 is 0. The van der Waals surface area contributed by atoms with Gasteiger partial charge in [0.15, 0.2) is 5.82 Å². The average Bonchev–Trinajstić information content (AvgIpc) is 2.97. The van der Waals surface area contributed by atoms with Crippen molar-refractivity contribution in [1.82, 2.24) is 9.55 Å². The Labute approximate surface area is 125 Å². The zero-order valence-corrected chi connectivity index (χ0v) is 11.9. The molecule has 2 N–H and O–H groups in total. The monoisotopic (exact) mass is 313 g/mol. The maximum atomic E-state index is 13.3. The molecule has 0 aromatic carbocycles. The summed E-state index contributed by atoms with van der Waals surface area (Å²) < 4.78 is 27.7. The van der Waals surface area contributed by atoms with Gasteiger partial charge in [0.25, 0.3) is 11.5 Å². The minimum Gasteiger partial charge on any atom is -0.480 e. The summed E-state index contributed by atoms with van der Waals surface area (Å²) in [4.78, 5) is 26.7. The van der Waals surface area contributed by atoms with Crippen molar-refractivity contribution in [2.75, 3.05) is 5.32 Å². The van der Waals surface area contributed by atoms with Gasteiger partial charge in [0.1, 0.15) is 6.54 Å². The van der Waals surface area contributed by atoms with Crippen LogP contribution in [-0.4, -0.2) is 32.6 Å². The number of nitrogens with one attached hydrogen (secondary N) is 1. The number of hydrogen-bond acceptors (Lipinski definition) is 4. The van der Waals surface area contributed by atoms with Crippen molar-refractivity contribution < 1.29 is 18.7 Å². The van der Waals surface area contributed by atoms with E-state index in [9.17, 15) is 18.4 Å². The Bertz CT molecular complexity index is 651. The minimum atomic E-state index is -2.53. The Morgan fingerprint density at radius 1 is 1.45 bits per heavy atom. The SMILES string of the molecule is O=C(O)Cn1ccnc(NC2CCC3(CC2)CC3(F)F)c1=O. The molecule has 2 fully saturated rings. The number of rotatable bonds is 4. The molecule has 1 aromatic heterocycles. The van der Waals surface area contributed by atoms with Crippen molar-refractivity contribution in [3.05, 3.63) is 22.7 Å². The molecule has 0 atom stereocenters. The van der Waals surface area contributed by atoms with Gasteiger partial charge in [-0.15, -0.1) is 0 Å². The van der Waals surface area contributed by atoms with Gasteiger partial charge in [0.2, 0.25) is 0 Å². The number of anilines is 1. The van der Waals surface area contributed by atoms with Crippen LogP contribution >= 0.6 is 0 Å². The fraction of sp³-hybridized carbons (Fsp3) is 0.643. The highest BCUT2D eigenvalue weighted by Crippen LogP contribution is 2.67. The maximum Gasteiger partial charge on any atom is 0.323 e. The molecule has 0 aliphatic heterocycles. The fourth-order valence-electron chi connectivity index (χ4n) is 3.25. The van der Waals surface area contributed by atoms with Crippen molar-refractivity contribution in [2.45, 2.75) is 50.6 Å². The van der Waals surface area contributed by atoms with Crippen molar-refractivity contribution in [3.63, 3.8) is 0 Å². The quantitative estimate of drug-likeness (QED) is 0.884. The first-order chi connectivity index (χ1) is 10.3. The normalized spacial score (nSPS) is 29.3. The molecule has 1 heterocycles. The molecular formula is C14H17F2N3O3. The first-order valence-electron chi connectivity index (χ1n) is 7.25. The molecule has 2 saturated carbocycles. The van der Waals surface area contributed by atoms with Crippen molar-refractivity contribution in [2.24, 2.45) is 5.41 Å². The summed E-state index contributed by atoms with van der Waals surface area (Å²) in [6, 6.07) is -0.0806. The molecule has 22 heavy (non-hydrogen) atoms. The second-order valence-electron chi connectivity index (χ2n) is 6.18. The number of carbonyl (C=O) groups is 1. The molecule has 2 aliphatic carbocycles. The van der Waals surface area contributed by atoms with Gasteiger partial charge >= 0.3 is 5.97 Å². The number of hydrogen-bond donors (Lipinski definition) is 2. The van der Waals surface area contributed by atoms with Gasteiger partial charge in [-0.1, -0.05) is 0 Å². The van der Waals surface area contributed by atoms with E-state index in [2.05, 4.69) is 10.3 Å². The molecule has 0 bridgehead atoms. The molecule has 0 saturated heterocycles. The summed E-state index contributed by atoms with van der Waals surface area (Å²) in [5, 5.41) is 11.7. The van der Waals surface area contributed by atoms with Crippen LogP contribution < -0.4 is 10.9 Å². The molecule has 120 valence electrons. The molecule has 6 nitrogen and oxygen atoms in total. The van der Waals surface area contributed by atoms with Crippen LogP contribution in [0, 0.1) is 5.41 Å². The van der Waals surface area contributed by atoms with Crippen LogP contribution in [0.25, 0.3) is 0 Å². The number of aromatic nitrogens is 2. The Balaban J connectivity index is 1.65. The van der Waals surface area contributed by atoms with Crippen molar-refractivity contribution >= 4 is 11.8 Å². The molecule has 1 spiro atoms. The lowest BCUT2D eigenvalue weighted by Crippen LogP contribution is -2.34. The van der Waals surface area contributed by atoms with Gasteiger partial charge in [-0.05, 0) is 25.7 Å². The standard InChI is InChI=1S/C14H17F2N3O3/c15-14(16)8-13(14)3-1-9(2-4-13)18-11-12(22)19(6-5-17-11)7-10(20)21/h5-6,9H,1-4,7-8H2,(H,17,18)(H,20,21). The topological polar surface area (TPSA) is 84.2 Å². The van der Waals surface area contributed by atoms with Gasteiger partial charge < -0.3 is 10.4 Å². The third kappa shape index (κ3) is 2.57. The highest BCUT2D eigenvalue weighted by Gasteiger charge is 2.70. The number of carboxylic acid groups (broad SMARTS) is 1. The number of halogens is 2. The van der Waals surface area contributed by atoms with Gasteiger partial charge in [-0.25, -0.2) is 13.8 Å². The first kappa shape index (κ1) is 14.9. The Morgan fingerprint density at radius 2 is 2.09 bits per heavy atom. The summed E-state index contributed by atoms with van der Waals surface area (Å²) in [5.41, 5.74) is -1.33. The average molecular weight is 313 g/mol. The van der Waals surface area contributed by atoms with E-state index in [0.717, 1.165) is 4.57 Å². The van der Waals surface area contributed by atoms with E-state index in [4.69, 9.17) is 5.11 Å². The summed E-state index contributed by atoms with van der Waals surface area (Å²) in [7, 11) is 0. The van der Waals surface area contributed by atoms with Crippen LogP contribution in [0.4, 0.5) is 14.6 Å². The molecule has 2 aliphatic rings. The molecule has 0 radical (unpaired) electrons. The lowest BCUT2D eigenvalue weighted by Gasteiger charge is -2.29. The van der Waals surface area contributed by atoms with Gasteiger partial charge in [0.05, 0.1) is 0 Å². The van der Waals surface area contributed by atoms with Gasteiger partial charge in [0, 0.05) is 30.3 Å². The third-order valence-electron chi connectivity index (χ3n) is 4.71. The van der Waals surface area contributed by atoms with E-state index in [1.807, 2.05) is 0 Å². The molecular weight excluding hydrogens is 296 g/mol. The third-order valence-corrected chi connectivity index (χ3v) is 4.71. The molecule has 3 rings (SSSR count). The van der Waals surface area contributed by atoms with E-state index in [0.29, 0.717) is 25.7 Å². The lowest BCUT2D eigenvalue weighted by atomic mass is 9.83. The summed E-state index contributed by atoms with van der Waals surface area (Å²) in [6.07, 6.45) is 4.63. The zero-order valence-electron chi connectivity index (χ0n) is 11.9. The second-order valence-corrected chi connectivity index (χ2v) is 6.18. The molecule has 0 unspecified atom stereocenters. The smallest absolute Gasteiger partial charge is 0.323 e. The van der Waals surface area contributed by atoms with Crippen molar-refractivity contribution in [1.29, 1.82) is 0 Å². The fourth-order valence-corrected chi connectivity index (χ4v) is 3.25. The number of nitrogens with zero attached hydrogens (tertiary/aromatic N) is 2. The van der Waals surface area contributed by atoms with E-state index < -0.39 is 29.4 Å². The van der Waals surface area contributed by atoms with Crippen LogP contribution in [0.2, 0.25) is 0 Å². The van der Waals surface area contributed by atoms with Gasteiger partial charge in [-0.2, -0.15) is 0 Å². The van der Waals surface area contributed by atoms with E-state index in [-0.39, 0.29) is 18.3 Å². The predicted octanol–water partition coefficient (Wildman–Crippen LogP) is 1.71. The number of carboxylic acids is 1. The van der Waals surface area contributed by atoms with Crippen LogP contribution in [-0.2, 0) is 11.3 Å². The van der Waals surface area contributed by atoms with Crippen LogP contribution in [0.3, 0.4) is 0 Å². The van der Waals surface area contributed by atoms with E-state index >= 15 is 0 Å². The Kier molecular flexibility index (Phi) is 3.41. The molecule has 0 amide bonds. The summed E-state index contributed by atoms with van der Waals surface area (Å²) in [6.45, 7) is -0.434. The van der Waals surface area contributed by atoms with Crippen LogP contribution in [0.1, 0.15) is 32.1 Å². The summed E-state index contributed by atoms with van der Waals surface area (Å²) in [5.74, 6) is -3.57. The highest BCUT2D eigenvalue weighted by atomic mass is 19.3. The van der Waals surface area contributed by atoms with E-state index in [1.165, 1.54) is 12.4 Å². The lowest BCUT2D eigenvalue weighted by molar-refractivity contribution is -0.137. The first-order valence-corrected chi connectivity index (χ1v) is 7.25. The zero-order chi connectivity index (χ0) is 16.0. The second kappa shape index (κ2) is 5.03. The highest BCUT2D eigenvalue weighted by molar-refractivity contribution is 5.66. The van der Waals surface area contributed by atoms with Gasteiger partial charge in [-0.3, -0.25) is 14.2 Å². The maximum absolute atomic E-state index is 13.3. The van der Waals surface area contributed by atoms with Crippen LogP contribution in [0.15, 0.2) is 17.2 Å².